The van der Waals surface area contributed by atoms with Gasteiger partial charge in [-0.2, -0.15) is 0 Å². The number of carbonyl (C=O) groups excluding carboxylic acids is 1. The SMILES string of the molecule is CC#Cc1cccc(-n2cc(C(=O)OCC)ccc2=O)c1. The second-order valence-electron chi connectivity index (χ2n) is 4.27. The van der Waals surface area contributed by atoms with Gasteiger partial charge in [0.15, 0.2) is 0 Å². The molecule has 4 heteroatoms. The Morgan fingerprint density at radius 3 is 2.81 bits per heavy atom. The monoisotopic (exact) mass is 281 g/mol. The van der Waals surface area contributed by atoms with E-state index in [-0.39, 0.29) is 5.56 Å². The third-order valence-corrected chi connectivity index (χ3v) is 2.82. The molecule has 21 heavy (non-hydrogen) atoms. The average molecular weight is 281 g/mol. The van der Waals surface area contributed by atoms with Gasteiger partial charge < -0.3 is 4.74 Å². The summed E-state index contributed by atoms with van der Waals surface area (Å²) in [6, 6.07) is 10.1. The standard InChI is InChI=1S/C17H15NO3/c1-3-6-13-7-5-8-15(11-13)18-12-14(9-10-16(18)19)17(20)21-4-2/h5,7-12H,4H2,1-2H3. The van der Waals surface area contributed by atoms with Crippen LogP contribution in [0.2, 0.25) is 0 Å². The zero-order chi connectivity index (χ0) is 15.2. The van der Waals surface area contributed by atoms with E-state index in [1.807, 2.05) is 12.1 Å². The van der Waals surface area contributed by atoms with Crippen molar-refractivity contribution in [1.29, 1.82) is 0 Å². The van der Waals surface area contributed by atoms with Crippen molar-refractivity contribution >= 4 is 5.97 Å². The third kappa shape index (κ3) is 3.40. The molecule has 0 unspecified atom stereocenters. The van der Waals surface area contributed by atoms with Gasteiger partial charge in [0.25, 0.3) is 5.56 Å². The van der Waals surface area contributed by atoms with Gasteiger partial charge in [-0.3, -0.25) is 9.36 Å². The molecule has 0 radical (unpaired) electrons. The zero-order valence-electron chi connectivity index (χ0n) is 11.9. The number of aromatic nitrogens is 1. The van der Waals surface area contributed by atoms with Crippen LogP contribution < -0.4 is 5.56 Å². The number of hydrogen-bond donors (Lipinski definition) is 0. The second kappa shape index (κ2) is 6.58. The molecule has 1 heterocycles. The van der Waals surface area contributed by atoms with E-state index >= 15 is 0 Å². The van der Waals surface area contributed by atoms with Crippen LogP contribution in [0.25, 0.3) is 5.69 Å². The van der Waals surface area contributed by atoms with Crippen molar-refractivity contribution in [2.45, 2.75) is 13.8 Å². The molecule has 4 nitrogen and oxygen atoms in total. The second-order valence-corrected chi connectivity index (χ2v) is 4.27. The first-order chi connectivity index (χ1) is 10.2. The Labute approximate surface area is 123 Å². The Morgan fingerprint density at radius 1 is 1.29 bits per heavy atom. The van der Waals surface area contributed by atoms with Crippen LogP contribution in [0.4, 0.5) is 0 Å². The lowest BCUT2D eigenvalue weighted by Crippen LogP contribution is -2.19. The number of pyridine rings is 1. The van der Waals surface area contributed by atoms with E-state index < -0.39 is 5.97 Å². The molecule has 0 aliphatic rings. The lowest BCUT2D eigenvalue weighted by Gasteiger charge is -2.08. The fourth-order valence-electron chi connectivity index (χ4n) is 1.90. The van der Waals surface area contributed by atoms with E-state index in [0.717, 1.165) is 5.56 Å². The molecule has 2 aromatic rings. The lowest BCUT2D eigenvalue weighted by molar-refractivity contribution is 0.0525. The number of benzene rings is 1. The van der Waals surface area contributed by atoms with Crippen molar-refractivity contribution in [1.82, 2.24) is 4.57 Å². The van der Waals surface area contributed by atoms with Crippen LogP contribution in [-0.4, -0.2) is 17.1 Å². The summed E-state index contributed by atoms with van der Waals surface area (Å²) in [5.74, 6) is 5.30. The summed E-state index contributed by atoms with van der Waals surface area (Å²) in [6.07, 6.45) is 1.48. The summed E-state index contributed by atoms with van der Waals surface area (Å²) in [5, 5.41) is 0. The van der Waals surface area contributed by atoms with Gasteiger partial charge in [0.05, 0.1) is 12.2 Å². The minimum atomic E-state index is -0.448. The van der Waals surface area contributed by atoms with E-state index in [9.17, 15) is 9.59 Å². The Hall–Kier alpha value is -2.80. The number of rotatable bonds is 3. The third-order valence-electron chi connectivity index (χ3n) is 2.82. The fourth-order valence-corrected chi connectivity index (χ4v) is 1.90. The summed E-state index contributed by atoms with van der Waals surface area (Å²) in [6.45, 7) is 3.78. The van der Waals surface area contributed by atoms with Crippen LogP contribution in [0, 0.1) is 11.8 Å². The molecular weight excluding hydrogens is 266 g/mol. The van der Waals surface area contributed by atoms with Crippen molar-refractivity contribution in [2.75, 3.05) is 6.61 Å². The normalized spacial score (nSPS) is 9.62. The van der Waals surface area contributed by atoms with Crippen LogP contribution in [-0.2, 0) is 4.74 Å². The van der Waals surface area contributed by atoms with Crippen LogP contribution in [0.15, 0.2) is 47.4 Å². The van der Waals surface area contributed by atoms with Gasteiger partial charge in [-0.25, -0.2) is 4.79 Å². The highest BCUT2D eigenvalue weighted by Gasteiger charge is 2.09. The summed E-state index contributed by atoms with van der Waals surface area (Å²) in [4.78, 5) is 23.7. The summed E-state index contributed by atoms with van der Waals surface area (Å²) >= 11 is 0. The zero-order valence-corrected chi connectivity index (χ0v) is 11.9. The predicted molar refractivity (Wildman–Crippen MR) is 80.5 cm³/mol. The fraction of sp³-hybridized carbons (Fsp3) is 0.176. The van der Waals surface area contributed by atoms with Crippen molar-refractivity contribution in [2.24, 2.45) is 0 Å². The van der Waals surface area contributed by atoms with E-state index in [1.54, 1.807) is 26.0 Å². The van der Waals surface area contributed by atoms with E-state index in [4.69, 9.17) is 4.74 Å². The number of carbonyl (C=O) groups is 1. The van der Waals surface area contributed by atoms with Gasteiger partial charge in [0, 0.05) is 23.5 Å². The van der Waals surface area contributed by atoms with Crippen LogP contribution in [0.1, 0.15) is 29.8 Å². The highest BCUT2D eigenvalue weighted by molar-refractivity contribution is 5.89. The molecule has 0 aliphatic heterocycles. The molecule has 0 N–H and O–H groups in total. The summed E-state index contributed by atoms with van der Waals surface area (Å²) in [5.41, 5.74) is 1.59. The topological polar surface area (TPSA) is 48.3 Å². The summed E-state index contributed by atoms with van der Waals surface area (Å²) < 4.78 is 6.35. The lowest BCUT2D eigenvalue weighted by atomic mass is 10.2. The molecule has 0 bridgehead atoms. The van der Waals surface area contributed by atoms with Crippen LogP contribution >= 0.6 is 0 Å². The number of hydrogen-bond acceptors (Lipinski definition) is 3. The van der Waals surface area contributed by atoms with Crippen LogP contribution in [0.5, 0.6) is 0 Å². The first-order valence-electron chi connectivity index (χ1n) is 6.58. The van der Waals surface area contributed by atoms with E-state index in [0.29, 0.717) is 17.9 Å². The summed E-state index contributed by atoms with van der Waals surface area (Å²) in [7, 11) is 0. The first kappa shape index (κ1) is 14.6. The molecule has 106 valence electrons. The van der Waals surface area contributed by atoms with Gasteiger partial charge in [0.2, 0.25) is 0 Å². The molecule has 0 aliphatic carbocycles. The van der Waals surface area contributed by atoms with Gasteiger partial charge >= 0.3 is 5.97 Å². The minimum Gasteiger partial charge on any atom is -0.462 e. The minimum absolute atomic E-state index is 0.218. The largest absolute Gasteiger partial charge is 0.462 e. The maximum atomic E-state index is 12.0. The number of nitrogens with zero attached hydrogens (tertiary/aromatic N) is 1. The molecule has 0 saturated carbocycles. The molecule has 1 aromatic heterocycles. The van der Waals surface area contributed by atoms with E-state index in [1.165, 1.54) is 22.9 Å². The quantitative estimate of drug-likeness (QED) is 0.641. The molecule has 0 fully saturated rings. The molecule has 0 spiro atoms. The smallest absolute Gasteiger partial charge is 0.339 e. The highest BCUT2D eigenvalue weighted by atomic mass is 16.5. The maximum absolute atomic E-state index is 12.0. The van der Waals surface area contributed by atoms with Gasteiger partial charge in [-0.05, 0) is 38.1 Å². The Balaban J connectivity index is 2.49. The molecule has 0 atom stereocenters. The highest BCUT2D eigenvalue weighted by Crippen LogP contribution is 2.10. The first-order valence-corrected chi connectivity index (χ1v) is 6.58. The van der Waals surface area contributed by atoms with Crippen molar-refractivity contribution in [3.8, 4) is 17.5 Å². The molecule has 1 aromatic carbocycles. The molecular formula is C17H15NO3. The molecule has 0 amide bonds. The van der Waals surface area contributed by atoms with Crippen molar-refractivity contribution in [3.63, 3.8) is 0 Å². The maximum Gasteiger partial charge on any atom is 0.339 e. The Kier molecular flexibility index (Phi) is 4.57. The van der Waals surface area contributed by atoms with E-state index in [2.05, 4.69) is 11.8 Å². The number of esters is 1. The van der Waals surface area contributed by atoms with Gasteiger partial charge in [0.1, 0.15) is 0 Å². The molecule has 0 saturated heterocycles. The van der Waals surface area contributed by atoms with Crippen molar-refractivity contribution < 1.29 is 9.53 Å². The molecule has 2 rings (SSSR count). The van der Waals surface area contributed by atoms with Gasteiger partial charge in [-0.1, -0.05) is 12.0 Å². The van der Waals surface area contributed by atoms with Gasteiger partial charge in [-0.15, -0.1) is 5.92 Å². The van der Waals surface area contributed by atoms with Crippen LogP contribution in [0.3, 0.4) is 0 Å². The Bertz CT molecular complexity index is 778. The predicted octanol–water partition coefficient (Wildman–Crippen LogP) is 2.39. The number of ether oxygens (including phenoxy) is 1. The van der Waals surface area contributed by atoms with Crippen molar-refractivity contribution in [3.05, 3.63) is 64.1 Å². The average Bonchev–Trinajstić information content (AvgIpc) is 2.48. The Morgan fingerprint density at radius 2 is 2.10 bits per heavy atom.